The number of thioether (sulfide) groups is 1. The van der Waals surface area contributed by atoms with Gasteiger partial charge in [0.2, 0.25) is 5.13 Å². The van der Waals surface area contributed by atoms with E-state index < -0.39 is 17.7 Å². The van der Waals surface area contributed by atoms with Crippen molar-refractivity contribution in [2.75, 3.05) is 18.1 Å². The maximum atomic E-state index is 13.8. The number of aromatic nitrogens is 2. The first-order valence-electron chi connectivity index (χ1n) is 16.0. The van der Waals surface area contributed by atoms with Crippen LogP contribution in [0.15, 0.2) is 70.6 Å². The average molecular weight is 706 g/mol. The second-order valence-corrected chi connectivity index (χ2v) is 14.2. The van der Waals surface area contributed by atoms with Gasteiger partial charge in [0.15, 0.2) is 15.8 Å². The largest absolute Gasteiger partial charge is 0.507 e. The van der Waals surface area contributed by atoms with Crippen LogP contribution in [0.5, 0.6) is 17.2 Å². The average Bonchev–Trinajstić information content (AvgIpc) is 3.77. The lowest BCUT2D eigenvalue weighted by Crippen LogP contribution is -2.29. The molecule has 2 unspecified atom stereocenters. The number of aliphatic hydroxyl groups excluding tert-OH is 1. The van der Waals surface area contributed by atoms with Gasteiger partial charge in [-0.3, -0.25) is 14.5 Å². The van der Waals surface area contributed by atoms with Crippen molar-refractivity contribution < 1.29 is 28.9 Å². The number of carbonyl (C=O) groups is 2. The van der Waals surface area contributed by atoms with E-state index in [4.69, 9.17) is 25.8 Å². The van der Waals surface area contributed by atoms with E-state index in [9.17, 15) is 14.7 Å². The SMILES string of the molecule is CCCCCOc1ccc(C2/C(=C(\O)c3ccc4c(c3)CC(C)O4)C(=O)C(=O)N2c2nnc(SCc3ccc(Cl)cc3)s2)cc1OCC. The number of unbranched alkanes of at least 4 members (excludes halogenated alkanes) is 2. The van der Waals surface area contributed by atoms with Crippen LogP contribution in [-0.4, -0.2) is 46.3 Å². The van der Waals surface area contributed by atoms with E-state index in [2.05, 4.69) is 17.1 Å². The fourth-order valence-corrected chi connectivity index (χ4v) is 7.72. The molecule has 1 saturated heterocycles. The van der Waals surface area contributed by atoms with Gasteiger partial charge in [-0.1, -0.05) is 72.7 Å². The molecule has 0 radical (unpaired) electrons. The van der Waals surface area contributed by atoms with Crippen molar-refractivity contribution in [2.45, 2.75) is 68.7 Å². The molecule has 0 saturated carbocycles. The third-order valence-corrected chi connectivity index (χ3v) is 10.5. The Balaban J connectivity index is 1.39. The van der Waals surface area contributed by atoms with E-state index >= 15 is 0 Å². The molecule has 1 aromatic heterocycles. The Morgan fingerprint density at radius 1 is 1.04 bits per heavy atom. The van der Waals surface area contributed by atoms with Gasteiger partial charge in [0.1, 0.15) is 17.6 Å². The Hall–Kier alpha value is -4.06. The van der Waals surface area contributed by atoms with Crippen molar-refractivity contribution >= 4 is 57.3 Å². The molecule has 6 rings (SSSR count). The number of hydrogen-bond acceptors (Lipinski definition) is 10. The highest BCUT2D eigenvalue weighted by Gasteiger charge is 2.48. The van der Waals surface area contributed by atoms with Crippen molar-refractivity contribution in [1.29, 1.82) is 0 Å². The number of halogens is 1. The predicted octanol–water partition coefficient (Wildman–Crippen LogP) is 8.40. The number of amides is 1. The fraction of sp³-hybridized carbons (Fsp3) is 0.333. The molecule has 1 amide bonds. The molecule has 2 aliphatic heterocycles. The highest BCUT2D eigenvalue weighted by Crippen LogP contribution is 2.46. The third-order valence-electron chi connectivity index (χ3n) is 8.08. The van der Waals surface area contributed by atoms with Crippen LogP contribution in [0, 0.1) is 0 Å². The van der Waals surface area contributed by atoms with Gasteiger partial charge in [0.25, 0.3) is 5.78 Å². The van der Waals surface area contributed by atoms with Crippen LogP contribution in [-0.2, 0) is 21.8 Å². The van der Waals surface area contributed by atoms with Crippen LogP contribution in [0.3, 0.4) is 0 Å². The Morgan fingerprint density at radius 3 is 2.62 bits per heavy atom. The van der Waals surface area contributed by atoms with Gasteiger partial charge in [-0.2, -0.15) is 0 Å². The molecule has 250 valence electrons. The molecule has 0 bridgehead atoms. The Morgan fingerprint density at radius 2 is 1.85 bits per heavy atom. The number of anilines is 1. The van der Waals surface area contributed by atoms with Crippen molar-refractivity contribution in [3.63, 3.8) is 0 Å². The van der Waals surface area contributed by atoms with E-state index in [1.165, 1.54) is 28.0 Å². The molecular weight excluding hydrogens is 670 g/mol. The summed E-state index contributed by atoms with van der Waals surface area (Å²) in [5.74, 6) is 0.517. The van der Waals surface area contributed by atoms with Crippen molar-refractivity contribution in [1.82, 2.24) is 10.2 Å². The Kier molecular flexibility index (Phi) is 10.6. The van der Waals surface area contributed by atoms with E-state index in [1.807, 2.05) is 44.2 Å². The van der Waals surface area contributed by atoms with E-state index in [0.717, 1.165) is 36.1 Å². The lowest BCUT2D eigenvalue weighted by atomic mass is 9.94. The lowest BCUT2D eigenvalue weighted by Gasteiger charge is -2.23. The monoisotopic (exact) mass is 705 g/mol. The van der Waals surface area contributed by atoms with Crippen LogP contribution < -0.4 is 19.1 Å². The number of Topliss-reactive ketones (excluding diaryl/α,β-unsaturated/α-hetero) is 1. The lowest BCUT2D eigenvalue weighted by molar-refractivity contribution is -0.132. The van der Waals surface area contributed by atoms with Gasteiger partial charge in [-0.15, -0.1) is 10.2 Å². The quantitative estimate of drug-likeness (QED) is 0.0366. The minimum atomic E-state index is -0.996. The number of hydrogen-bond donors (Lipinski definition) is 1. The van der Waals surface area contributed by atoms with Crippen molar-refractivity contribution in [3.05, 3.63) is 93.5 Å². The molecule has 4 aromatic rings. The first kappa shape index (κ1) is 33.8. The van der Waals surface area contributed by atoms with Crippen LogP contribution in [0.4, 0.5) is 5.13 Å². The first-order chi connectivity index (χ1) is 23.3. The van der Waals surface area contributed by atoms with Gasteiger partial charge in [0.05, 0.1) is 24.8 Å². The maximum Gasteiger partial charge on any atom is 0.301 e. The number of fused-ring (bicyclic) bond motifs is 1. The van der Waals surface area contributed by atoms with Gasteiger partial charge in [-0.05, 0) is 79.4 Å². The number of benzene rings is 3. The minimum absolute atomic E-state index is 0.00632. The molecular formula is C36H36ClN3O6S2. The van der Waals surface area contributed by atoms with Crippen LogP contribution >= 0.6 is 34.7 Å². The molecule has 0 spiro atoms. The summed E-state index contributed by atoms with van der Waals surface area (Å²) in [6, 6.07) is 17.2. The van der Waals surface area contributed by atoms with Crippen LogP contribution in [0.25, 0.3) is 5.76 Å². The molecule has 9 nitrogen and oxygen atoms in total. The molecule has 1 fully saturated rings. The zero-order valence-corrected chi connectivity index (χ0v) is 29.3. The Bertz CT molecular complexity index is 1840. The molecule has 2 atom stereocenters. The number of ether oxygens (including phenoxy) is 3. The summed E-state index contributed by atoms with van der Waals surface area (Å²) in [5.41, 5.74) is 2.91. The Labute approximate surface area is 292 Å². The smallest absolute Gasteiger partial charge is 0.301 e. The van der Waals surface area contributed by atoms with Gasteiger partial charge in [-0.25, -0.2) is 0 Å². The topological polar surface area (TPSA) is 111 Å². The summed E-state index contributed by atoms with van der Waals surface area (Å²) in [6.07, 6.45) is 3.71. The van der Waals surface area contributed by atoms with E-state index in [1.54, 1.807) is 30.3 Å². The van der Waals surface area contributed by atoms with Gasteiger partial charge in [0, 0.05) is 22.8 Å². The number of carbonyl (C=O) groups excluding carboxylic acids is 2. The zero-order chi connectivity index (χ0) is 33.8. The van der Waals surface area contributed by atoms with E-state index in [0.29, 0.717) is 57.4 Å². The van der Waals surface area contributed by atoms with Crippen molar-refractivity contribution in [3.8, 4) is 17.2 Å². The highest BCUT2D eigenvalue weighted by molar-refractivity contribution is 8.00. The summed E-state index contributed by atoms with van der Waals surface area (Å²) >= 11 is 8.71. The molecule has 12 heteroatoms. The predicted molar refractivity (Wildman–Crippen MR) is 189 cm³/mol. The highest BCUT2D eigenvalue weighted by atomic mass is 35.5. The summed E-state index contributed by atoms with van der Waals surface area (Å²) < 4.78 is 18.5. The number of nitrogens with zero attached hydrogens (tertiary/aromatic N) is 3. The normalized spacial score (nSPS) is 18.2. The van der Waals surface area contributed by atoms with Gasteiger partial charge >= 0.3 is 5.91 Å². The molecule has 3 heterocycles. The fourth-order valence-electron chi connectivity index (χ4n) is 5.77. The third kappa shape index (κ3) is 7.18. The van der Waals surface area contributed by atoms with Crippen molar-refractivity contribution in [2.24, 2.45) is 0 Å². The minimum Gasteiger partial charge on any atom is -0.507 e. The molecule has 1 N–H and O–H groups in total. The molecule has 3 aromatic carbocycles. The summed E-state index contributed by atoms with van der Waals surface area (Å²) in [6.45, 7) is 6.90. The van der Waals surface area contributed by atoms with Crippen LogP contribution in [0.1, 0.15) is 68.3 Å². The number of rotatable bonds is 13. The number of ketones is 1. The molecule has 48 heavy (non-hydrogen) atoms. The number of aliphatic hydroxyl groups is 1. The zero-order valence-electron chi connectivity index (χ0n) is 26.9. The van der Waals surface area contributed by atoms with Gasteiger partial charge < -0.3 is 19.3 Å². The molecule has 0 aliphatic carbocycles. The van der Waals surface area contributed by atoms with Crippen LogP contribution in [0.2, 0.25) is 5.02 Å². The second-order valence-electron chi connectivity index (χ2n) is 11.6. The molecule has 2 aliphatic rings. The second kappa shape index (κ2) is 15.0. The van der Waals surface area contributed by atoms with E-state index in [-0.39, 0.29) is 22.6 Å². The summed E-state index contributed by atoms with van der Waals surface area (Å²) in [7, 11) is 0. The standard InChI is InChI=1S/C36H36ClN3O6S2/c1-4-6-7-16-45-28-15-10-23(19-29(28)44-5-2)31-30(32(41)24-11-14-27-25(18-24)17-21(3)46-27)33(42)34(43)40(31)35-38-39-36(48-35)47-20-22-8-12-26(37)13-9-22/h8-15,18-19,21,31,41H,4-7,16-17,20H2,1-3H3/b32-30+. The first-order valence-corrected chi connectivity index (χ1v) is 18.2. The summed E-state index contributed by atoms with van der Waals surface area (Å²) in [4.78, 5) is 29.0. The summed E-state index contributed by atoms with van der Waals surface area (Å²) in [5, 5.41) is 21.3. The maximum absolute atomic E-state index is 13.8.